The van der Waals surface area contributed by atoms with Crippen molar-refractivity contribution in [2.75, 3.05) is 25.1 Å². The molecule has 1 aliphatic heterocycles. The summed E-state index contributed by atoms with van der Waals surface area (Å²) < 4.78 is 16.2. The second-order valence-corrected chi connectivity index (χ2v) is 6.23. The van der Waals surface area contributed by atoms with Crippen LogP contribution in [0, 0.1) is 0 Å². The van der Waals surface area contributed by atoms with Crippen LogP contribution in [-0.4, -0.2) is 36.7 Å². The maximum Gasteiger partial charge on any atom is 0.357 e. The van der Waals surface area contributed by atoms with Crippen molar-refractivity contribution in [3.05, 3.63) is 60.3 Å². The van der Waals surface area contributed by atoms with Gasteiger partial charge < -0.3 is 19.5 Å². The van der Waals surface area contributed by atoms with Crippen LogP contribution in [0.3, 0.4) is 0 Å². The molecular weight excluding hydrogens is 360 g/mol. The first-order chi connectivity index (χ1) is 13.7. The van der Waals surface area contributed by atoms with Crippen LogP contribution in [0.1, 0.15) is 16.9 Å². The number of rotatable bonds is 4. The van der Waals surface area contributed by atoms with E-state index in [1.807, 2.05) is 24.3 Å². The number of hydrogen-bond donors (Lipinski definition) is 1. The highest BCUT2D eigenvalue weighted by Crippen LogP contribution is 2.32. The van der Waals surface area contributed by atoms with Gasteiger partial charge in [0.15, 0.2) is 18.1 Å². The molecular formula is C21H18N2O5. The van der Waals surface area contributed by atoms with Gasteiger partial charge in [-0.3, -0.25) is 4.79 Å². The molecule has 0 atom stereocenters. The zero-order valence-corrected chi connectivity index (χ0v) is 15.0. The van der Waals surface area contributed by atoms with Crippen molar-refractivity contribution in [2.24, 2.45) is 0 Å². The van der Waals surface area contributed by atoms with Crippen molar-refractivity contribution >= 4 is 28.5 Å². The topological polar surface area (TPSA) is 86.8 Å². The van der Waals surface area contributed by atoms with E-state index >= 15 is 0 Å². The lowest BCUT2D eigenvalue weighted by molar-refractivity contribution is -0.119. The SMILES string of the molecule is O=C(COC(=O)c1ccc2ccccc2n1)Nc1ccc2c(c1)OCCCO2. The van der Waals surface area contributed by atoms with Gasteiger partial charge in [0, 0.05) is 23.6 Å². The summed E-state index contributed by atoms with van der Waals surface area (Å²) in [5.41, 5.74) is 1.38. The number of nitrogens with one attached hydrogen (secondary N) is 1. The van der Waals surface area contributed by atoms with E-state index in [-0.39, 0.29) is 5.69 Å². The number of pyridine rings is 1. The molecule has 0 saturated carbocycles. The van der Waals surface area contributed by atoms with Crippen molar-refractivity contribution in [3.63, 3.8) is 0 Å². The summed E-state index contributed by atoms with van der Waals surface area (Å²) in [7, 11) is 0. The molecule has 0 unspecified atom stereocenters. The molecule has 0 aliphatic carbocycles. The Balaban J connectivity index is 1.36. The van der Waals surface area contributed by atoms with Crippen LogP contribution in [-0.2, 0) is 9.53 Å². The quantitative estimate of drug-likeness (QED) is 0.702. The van der Waals surface area contributed by atoms with E-state index < -0.39 is 18.5 Å². The molecule has 0 bridgehead atoms. The highest BCUT2D eigenvalue weighted by molar-refractivity contribution is 5.96. The van der Waals surface area contributed by atoms with Crippen LogP contribution in [0.25, 0.3) is 10.9 Å². The Bertz CT molecular complexity index is 1030. The Morgan fingerprint density at radius 2 is 1.82 bits per heavy atom. The van der Waals surface area contributed by atoms with Gasteiger partial charge in [-0.2, -0.15) is 0 Å². The number of esters is 1. The lowest BCUT2D eigenvalue weighted by Gasteiger charge is -2.10. The highest BCUT2D eigenvalue weighted by atomic mass is 16.5. The normalized spacial score (nSPS) is 12.9. The molecule has 2 aromatic carbocycles. The minimum Gasteiger partial charge on any atom is -0.490 e. The van der Waals surface area contributed by atoms with Gasteiger partial charge in [0.25, 0.3) is 5.91 Å². The molecule has 4 rings (SSSR count). The molecule has 0 fully saturated rings. The molecule has 7 nitrogen and oxygen atoms in total. The third-order valence-electron chi connectivity index (χ3n) is 4.17. The number of anilines is 1. The molecule has 7 heteroatoms. The maximum atomic E-state index is 12.2. The van der Waals surface area contributed by atoms with Crippen LogP contribution in [0.5, 0.6) is 11.5 Å². The van der Waals surface area contributed by atoms with Gasteiger partial charge >= 0.3 is 5.97 Å². The zero-order valence-electron chi connectivity index (χ0n) is 15.0. The zero-order chi connectivity index (χ0) is 19.3. The Hall–Kier alpha value is -3.61. The van der Waals surface area contributed by atoms with Gasteiger partial charge in [0.1, 0.15) is 5.69 Å². The van der Waals surface area contributed by atoms with Crippen LogP contribution in [0.15, 0.2) is 54.6 Å². The van der Waals surface area contributed by atoms with Gasteiger partial charge in [-0.1, -0.05) is 24.3 Å². The standard InChI is InChI=1S/C21H18N2O5/c24-20(22-15-7-9-18-19(12-15)27-11-3-10-26-18)13-28-21(25)17-8-6-14-4-1-2-5-16(14)23-17/h1-2,4-9,12H,3,10-11,13H2,(H,22,24). The molecule has 0 saturated heterocycles. The fourth-order valence-electron chi connectivity index (χ4n) is 2.82. The molecule has 3 aromatic rings. The van der Waals surface area contributed by atoms with Crippen molar-refractivity contribution in [2.45, 2.75) is 6.42 Å². The van der Waals surface area contributed by atoms with Gasteiger partial charge in [0.05, 0.1) is 18.7 Å². The first-order valence-corrected chi connectivity index (χ1v) is 8.91. The van der Waals surface area contributed by atoms with Gasteiger partial charge in [-0.25, -0.2) is 9.78 Å². The van der Waals surface area contributed by atoms with Gasteiger partial charge in [0.2, 0.25) is 0 Å². The molecule has 142 valence electrons. The molecule has 2 heterocycles. The number of carbonyl (C=O) groups is 2. The fraction of sp³-hybridized carbons (Fsp3) is 0.190. The van der Waals surface area contributed by atoms with Crippen LogP contribution >= 0.6 is 0 Å². The van der Waals surface area contributed by atoms with E-state index in [1.165, 1.54) is 0 Å². The molecule has 1 amide bonds. The van der Waals surface area contributed by atoms with Crippen molar-refractivity contribution < 1.29 is 23.8 Å². The third-order valence-corrected chi connectivity index (χ3v) is 4.17. The largest absolute Gasteiger partial charge is 0.490 e. The lowest BCUT2D eigenvalue weighted by Crippen LogP contribution is -2.21. The Kier molecular flexibility index (Phi) is 5.05. The number of fused-ring (bicyclic) bond motifs is 2. The molecule has 1 aromatic heterocycles. The van der Waals surface area contributed by atoms with Crippen LogP contribution in [0.2, 0.25) is 0 Å². The van der Waals surface area contributed by atoms with E-state index in [1.54, 1.807) is 30.3 Å². The van der Waals surface area contributed by atoms with Gasteiger partial charge in [-0.05, 0) is 24.3 Å². The van der Waals surface area contributed by atoms with E-state index in [0.717, 1.165) is 11.8 Å². The fourth-order valence-corrected chi connectivity index (χ4v) is 2.82. The molecule has 0 radical (unpaired) electrons. The van der Waals surface area contributed by atoms with Crippen molar-refractivity contribution in [3.8, 4) is 11.5 Å². The Morgan fingerprint density at radius 1 is 1.00 bits per heavy atom. The van der Waals surface area contributed by atoms with E-state index in [9.17, 15) is 9.59 Å². The number of ether oxygens (including phenoxy) is 3. The summed E-state index contributed by atoms with van der Waals surface area (Å²) >= 11 is 0. The molecule has 1 aliphatic rings. The number of carbonyl (C=O) groups excluding carboxylic acids is 2. The molecule has 28 heavy (non-hydrogen) atoms. The van der Waals surface area contributed by atoms with Crippen LogP contribution < -0.4 is 14.8 Å². The minimum absolute atomic E-state index is 0.155. The first-order valence-electron chi connectivity index (χ1n) is 8.91. The Morgan fingerprint density at radius 3 is 2.71 bits per heavy atom. The predicted molar refractivity (Wildman–Crippen MR) is 103 cm³/mol. The number of amides is 1. The lowest BCUT2D eigenvalue weighted by atomic mass is 10.2. The number of hydrogen-bond acceptors (Lipinski definition) is 6. The van der Waals surface area contributed by atoms with Gasteiger partial charge in [-0.15, -0.1) is 0 Å². The third kappa shape index (κ3) is 4.03. The molecule has 1 N–H and O–H groups in total. The van der Waals surface area contributed by atoms with E-state index in [0.29, 0.717) is 35.9 Å². The van der Waals surface area contributed by atoms with E-state index in [2.05, 4.69) is 10.3 Å². The summed E-state index contributed by atoms with van der Waals surface area (Å²) in [6.07, 6.45) is 0.801. The summed E-state index contributed by atoms with van der Waals surface area (Å²) in [6.45, 7) is 0.736. The van der Waals surface area contributed by atoms with Crippen LogP contribution in [0.4, 0.5) is 5.69 Å². The minimum atomic E-state index is -0.653. The Labute approximate surface area is 161 Å². The average Bonchev–Trinajstić information content (AvgIpc) is 2.96. The summed E-state index contributed by atoms with van der Waals surface area (Å²) in [4.78, 5) is 28.5. The predicted octanol–water partition coefficient (Wildman–Crippen LogP) is 3.19. The summed E-state index contributed by atoms with van der Waals surface area (Å²) in [5.74, 6) is 0.111. The van der Waals surface area contributed by atoms with Crippen molar-refractivity contribution in [1.82, 2.24) is 4.98 Å². The smallest absolute Gasteiger partial charge is 0.357 e. The number of nitrogens with zero attached hydrogens (tertiary/aromatic N) is 1. The molecule has 0 spiro atoms. The number of para-hydroxylation sites is 1. The number of benzene rings is 2. The maximum absolute atomic E-state index is 12.2. The summed E-state index contributed by atoms with van der Waals surface area (Å²) in [5, 5.41) is 3.60. The first kappa shape index (κ1) is 17.8. The monoisotopic (exact) mass is 378 g/mol. The average molecular weight is 378 g/mol. The second kappa shape index (κ2) is 7.96. The van der Waals surface area contributed by atoms with E-state index in [4.69, 9.17) is 14.2 Å². The highest BCUT2D eigenvalue weighted by Gasteiger charge is 2.14. The second-order valence-electron chi connectivity index (χ2n) is 6.23. The van der Waals surface area contributed by atoms with Crippen molar-refractivity contribution in [1.29, 1.82) is 0 Å². The summed E-state index contributed by atoms with van der Waals surface area (Å²) in [6, 6.07) is 15.9. The number of aromatic nitrogens is 1.